The van der Waals surface area contributed by atoms with Crippen molar-refractivity contribution in [3.05, 3.63) is 34.3 Å². The second-order valence-corrected chi connectivity index (χ2v) is 6.20. The van der Waals surface area contributed by atoms with Gasteiger partial charge in [0, 0.05) is 11.0 Å². The number of hydrogen-bond donors (Lipinski definition) is 1. The average molecular weight is 339 g/mol. The van der Waals surface area contributed by atoms with Crippen molar-refractivity contribution < 1.29 is 4.79 Å². The van der Waals surface area contributed by atoms with E-state index < -0.39 is 0 Å². The van der Waals surface area contributed by atoms with Crippen LogP contribution in [0.2, 0.25) is 0 Å². The van der Waals surface area contributed by atoms with Gasteiger partial charge in [-0.05, 0) is 67.0 Å². The Labute approximate surface area is 129 Å². The Bertz CT molecular complexity index is 428. The number of nitrogens with one attached hydrogen (secondary N) is 1. The van der Waals surface area contributed by atoms with Crippen LogP contribution in [-0.2, 0) is 0 Å². The zero-order valence-electron chi connectivity index (χ0n) is 11.9. The smallest absolute Gasteiger partial charge is 0.252 e. The van der Waals surface area contributed by atoms with Gasteiger partial charge in [-0.2, -0.15) is 0 Å². The SMILES string of the molecule is O=C(NCCCN1CCCCCC1)c1ccccc1Br. The van der Waals surface area contributed by atoms with Crippen molar-refractivity contribution in [2.24, 2.45) is 0 Å². The number of halogens is 1. The molecule has 1 aliphatic heterocycles. The number of carbonyl (C=O) groups excluding carboxylic acids is 1. The van der Waals surface area contributed by atoms with E-state index in [0.29, 0.717) is 5.56 Å². The van der Waals surface area contributed by atoms with Gasteiger partial charge in [0.25, 0.3) is 5.91 Å². The third kappa shape index (κ3) is 4.91. The van der Waals surface area contributed by atoms with Crippen LogP contribution in [0.3, 0.4) is 0 Å². The number of nitrogens with zero attached hydrogens (tertiary/aromatic N) is 1. The van der Waals surface area contributed by atoms with E-state index in [1.807, 2.05) is 24.3 Å². The first-order valence-corrected chi connectivity index (χ1v) is 8.32. The topological polar surface area (TPSA) is 32.3 Å². The molecule has 0 unspecified atom stereocenters. The zero-order chi connectivity index (χ0) is 14.2. The monoisotopic (exact) mass is 338 g/mol. The van der Waals surface area contributed by atoms with Crippen molar-refractivity contribution in [3.8, 4) is 0 Å². The fourth-order valence-electron chi connectivity index (χ4n) is 2.60. The molecule has 4 heteroatoms. The standard InChI is InChI=1S/C16H23BrN2O/c17-15-9-4-3-8-14(15)16(20)18-10-7-13-19-11-5-1-2-6-12-19/h3-4,8-9H,1-2,5-7,10-13H2,(H,18,20). The third-order valence-electron chi connectivity index (χ3n) is 3.75. The summed E-state index contributed by atoms with van der Waals surface area (Å²) in [4.78, 5) is 14.5. The molecule has 0 aliphatic carbocycles. The Morgan fingerprint density at radius 2 is 1.85 bits per heavy atom. The highest BCUT2D eigenvalue weighted by atomic mass is 79.9. The molecule has 1 saturated heterocycles. The van der Waals surface area contributed by atoms with Gasteiger partial charge in [0.05, 0.1) is 5.56 Å². The summed E-state index contributed by atoms with van der Waals surface area (Å²) in [6.07, 6.45) is 6.41. The van der Waals surface area contributed by atoms with Crippen LogP contribution in [0.4, 0.5) is 0 Å². The van der Waals surface area contributed by atoms with E-state index in [2.05, 4.69) is 26.1 Å². The minimum Gasteiger partial charge on any atom is -0.352 e. The molecule has 1 aromatic carbocycles. The lowest BCUT2D eigenvalue weighted by atomic mass is 10.2. The Morgan fingerprint density at radius 1 is 1.15 bits per heavy atom. The van der Waals surface area contributed by atoms with Gasteiger partial charge in [0.15, 0.2) is 0 Å². The van der Waals surface area contributed by atoms with Crippen molar-refractivity contribution in [1.82, 2.24) is 10.2 Å². The van der Waals surface area contributed by atoms with Crippen LogP contribution in [0.5, 0.6) is 0 Å². The number of likely N-dealkylation sites (tertiary alicyclic amines) is 1. The highest BCUT2D eigenvalue weighted by Crippen LogP contribution is 2.15. The molecular weight excluding hydrogens is 316 g/mol. The van der Waals surface area contributed by atoms with Crippen molar-refractivity contribution in [2.45, 2.75) is 32.1 Å². The lowest BCUT2D eigenvalue weighted by molar-refractivity contribution is 0.0951. The number of amides is 1. The molecular formula is C16H23BrN2O. The summed E-state index contributed by atoms with van der Waals surface area (Å²) in [6, 6.07) is 7.54. The van der Waals surface area contributed by atoms with Gasteiger partial charge in [-0.3, -0.25) is 4.79 Å². The quantitative estimate of drug-likeness (QED) is 0.834. The summed E-state index contributed by atoms with van der Waals surface area (Å²) in [6.45, 7) is 4.28. The minimum absolute atomic E-state index is 0.00772. The Hall–Kier alpha value is -0.870. The first kappa shape index (κ1) is 15.5. The molecule has 0 bridgehead atoms. The summed E-state index contributed by atoms with van der Waals surface area (Å²) in [5, 5.41) is 3.00. The molecule has 2 rings (SSSR count). The predicted molar refractivity (Wildman–Crippen MR) is 86.0 cm³/mol. The highest BCUT2D eigenvalue weighted by Gasteiger charge is 2.10. The van der Waals surface area contributed by atoms with Crippen LogP contribution in [0.15, 0.2) is 28.7 Å². The first-order chi connectivity index (χ1) is 9.77. The molecule has 110 valence electrons. The largest absolute Gasteiger partial charge is 0.352 e. The maximum atomic E-state index is 12.0. The van der Waals surface area contributed by atoms with E-state index in [1.165, 1.54) is 38.8 Å². The molecule has 1 aromatic rings. The van der Waals surface area contributed by atoms with Gasteiger partial charge in [-0.1, -0.05) is 25.0 Å². The normalized spacial score (nSPS) is 16.6. The van der Waals surface area contributed by atoms with Crippen molar-refractivity contribution in [1.29, 1.82) is 0 Å². The Morgan fingerprint density at radius 3 is 2.55 bits per heavy atom. The molecule has 1 aliphatic rings. The average Bonchev–Trinajstić information content (AvgIpc) is 2.72. The van der Waals surface area contributed by atoms with Gasteiger partial charge in [0.1, 0.15) is 0 Å². The summed E-state index contributed by atoms with van der Waals surface area (Å²) in [5.41, 5.74) is 0.710. The number of hydrogen-bond acceptors (Lipinski definition) is 2. The van der Waals surface area contributed by atoms with Crippen LogP contribution in [0, 0.1) is 0 Å². The van der Waals surface area contributed by atoms with Gasteiger partial charge < -0.3 is 10.2 Å². The summed E-state index contributed by atoms with van der Waals surface area (Å²) >= 11 is 3.41. The molecule has 0 atom stereocenters. The lowest BCUT2D eigenvalue weighted by Gasteiger charge is -2.19. The maximum absolute atomic E-state index is 12.0. The second kappa shape index (κ2) is 8.42. The van der Waals surface area contributed by atoms with E-state index in [1.54, 1.807) is 0 Å². The number of rotatable bonds is 5. The molecule has 20 heavy (non-hydrogen) atoms. The Balaban J connectivity index is 1.68. The van der Waals surface area contributed by atoms with Gasteiger partial charge in [0.2, 0.25) is 0 Å². The molecule has 1 amide bonds. The lowest BCUT2D eigenvalue weighted by Crippen LogP contribution is -2.30. The molecule has 0 radical (unpaired) electrons. The molecule has 1 N–H and O–H groups in total. The van der Waals surface area contributed by atoms with Crippen LogP contribution >= 0.6 is 15.9 Å². The van der Waals surface area contributed by atoms with E-state index >= 15 is 0 Å². The highest BCUT2D eigenvalue weighted by molar-refractivity contribution is 9.10. The summed E-state index contributed by atoms with van der Waals surface area (Å²) in [7, 11) is 0. The minimum atomic E-state index is 0.00772. The zero-order valence-corrected chi connectivity index (χ0v) is 13.5. The van der Waals surface area contributed by atoms with E-state index in [-0.39, 0.29) is 5.91 Å². The fraction of sp³-hybridized carbons (Fsp3) is 0.562. The van der Waals surface area contributed by atoms with E-state index in [9.17, 15) is 4.79 Å². The van der Waals surface area contributed by atoms with Crippen molar-refractivity contribution in [3.63, 3.8) is 0 Å². The first-order valence-electron chi connectivity index (χ1n) is 7.52. The van der Waals surface area contributed by atoms with Crippen LogP contribution in [0.1, 0.15) is 42.5 Å². The Kier molecular flexibility index (Phi) is 6.54. The van der Waals surface area contributed by atoms with Crippen LogP contribution in [-0.4, -0.2) is 37.0 Å². The number of carbonyl (C=O) groups is 1. The van der Waals surface area contributed by atoms with E-state index in [4.69, 9.17) is 0 Å². The van der Waals surface area contributed by atoms with Crippen LogP contribution in [0.25, 0.3) is 0 Å². The molecule has 1 heterocycles. The maximum Gasteiger partial charge on any atom is 0.252 e. The van der Waals surface area contributed by atoms with Gasteiger partial charge in [-0.15, -0.1) is 0 Å². The van der Waals surface area contributed by atoms with Crippen LogP contribution < -0.4 is 5.32 Å². The van der Waals surface area contributed by atoms with Gasteiger partial charge in [-0.25, -0.2) is 0 Å². The molecule has 0 saturated carbocycles. The van der Waals surface area contributed by atoms with Crippen molar-refractivity contribution in [2.75, 3.05) is 26.2 Å². The molecule has 1 fully saturated rings. The molecule has 0 aromatic heterocycles. The second-order valence-electron chi connectivity index (χ2n) is 5.35. The van der Waals surface area contributed by atoms with Gasteiger partial charge >= 0.3 is 0 Å². The third-order valence-corrected chi connectivity index (χ3v) is 4.45. The van der Waals surface area contributed by atoms with Crippen molar-refractivity contribution >= 4 is 21.8 Å². The van der Waals surface area contributed by atoms with E-state index in [0.717, 1.165) is 24.0 Å². The summed E-state index contributed by atoms with van der Waals surface area (Å²) in [5.74, 6) is 0.00772. The fourth-order valence-corrected chi connectivity index (χ4v) is 3.07. The molecule has 3 nitrogen and oxygen atoms in total. The predicted octanol–water partition coefficient (Wildman–Crippen LogP) is 3.45. The molecule has 0 spiro atoms. The number of benzene rings is 1. The summed E-state index contributed by atoms with van der Waals surface area (Å²) < 4.78 is 0.852.